The van der Waals surface area contributed by atoms with Crippen LogP contribution in [0.15, 0.2) is 168 Å². The molecule has 0 bridgehead atoms. The Labute approximate surface area is 292 Å². The number of fused-ring (bicyclic) bond motifs is 6. The summed E-state index contributed by atoms with van der Waals surface area (Å²) in [4.78, 5) is 15.5. The van der Waals surface area contributed by atoms with E-state index in [1.807, 2.05) is 36.4 Å². The predicted octanol–water partition coefficient (Wildman–Crippen LogP) is 12.5. The summed E-state index contributed by atoms with van der Waals surface area (Å²) in [6, 6.07) is 56.9. The molecule has 0 saturated carbocycles. The topological polar surface area (TPSA) is 51.8 Å². The number of thiophene rings is 1. The summed E-state index contributed by atoms with van der Waals surface area (Å²) in [5, 5.41) is 4.47. The summed E-state index contributed by atoms with van der Waals surface area (Å²) in [7, 11) is 0. The molecule has 4 nitrogen and oxygen atoms in total. The molecular weight excluding hydrogens is 631 g/mol. The maximum absolute atomic E-state index is 6.45. The molecule has 0 radical (unpaired) electrons. The molecule has 5 heteroatoms. The van der Waals surface area contributed by atoms with Crippen LogP contribution < -0.4 is 0 Å². The van der Waals surface area contributed by atoms with Gasteiger partial charge >= 0.3 is 0 Å². The summed E-state index contributed by atoms with van der Waals surface area (Å²) < 4.78 is 8.89. The number of hydrogen-bond donors (Lipinski definition) is 0. The largest absolute Gasteiger partial charge is 0.455 e. The molecule has 50 heavy (non-hydrogen) atoms. The first kappa shape index (κ1) is 28.6. The highest BCUT2D eigenvalue weighted by Crippen LogP contribution is 2.41. The molecule has 7 aromatic carbocycles. The maximum atomic E-state index is 6.45. The van der Waals surface area contributed by atoms with Crippen molar-refractivity contribution in [3.05, 3.63) is 164 Å². The number of rotatable bonds is 5. The monoisotopic (exact) mass is 657 g/mol. The molecule has 0 unspecified atom stereocenters. The van der Waals surface area contributed by atoms with Crippen molar-refractivity contribution in [3.63, 3.8) is 0 Å². The lowest BCUT2D eigenvalue weighted by Crippen LogP contribution is -2.00. The Morgan fingerprint density at radius 3 is 1.78 bits per heavy atom. The molecule has 0 fully saturated rings. The van der Waals surface area contributed by atoms with E-state index in [1.165, 1.54) is 25.9 Å². The quantitative estimate of drug-likeness (QED) is 0.185. The molecule has 10 rings (SSSR count). The maximum Gasteiger partial charge on any atom is 0.167 e. The molecule has 0 spiro atoms. The van der Waals surface area contributed by atoms with Gasteiger partial charge in [0.2, 0.25) is 0 Å². The minimum absolute atomic E-state index is 0.575. The van der Waals surface area contributed by atoms with Crippen molar-refractivity contribution in [1.29, 1.82) is 0 Å². The molecule has 0 N–H and O–H groups in total. The van der Waals surface area contributed by atoms with Crippen LogP contribution in [0.3, 0.4) is 0 Å². The van der Waals surface area contributed by atoms with Gasteiger partial charge in [0.05, 0.1) is 5.56 Å². The minimum Gasteiger partial charge on any atom is -0.455 e. The van der Waals surface area contributed by atoms with E-state index >= 15 is 0 Å². The van der Waals surface area contributed by atoms with Gasteiger partial charge in [0.1, 0.15) is 11.2 Å². The van der Waals surface area contributed by atoms with Crippen LogP contribution in [0.25, 0.3) is 98.5 Å². The molecule has 10 aromatic rings. The second kappa shape index (κ2) is 11.6. The second-order valence-corrected chi connectivity index (χ2v) is 13.5. The second-order valence-electron chi connectivity index (χ2n) is 12.4. The van der Waals surface area contributed by atoms with Crippen LogP contribution in [-0.2, 0) is 0 Å². The van der Waals surface area contributed by atoms with Gasteiger partial charge < -0.3 is 4.42 Å². The Bertz CT molecular complexity index is 2870. The van der Waals surface area contributed by atoms with Crippen LogP contribution in [-0.4, -0.2) is 15.0 Å². The smallest absolute Gasteiger partial charge is 0.167 e. The van der Waals surface area contributed by atoms with Gasteiger partial charge in [-0.25, -0.2) is 15.0 Å². The fourth-order valence-electron chi connectivity index (χ4n) is 6.95. The fourth-order valence-corrected chi connectivity index (χ4v) is 8.08. The van der Waals surface area contributed by atoms with Crippen molar-refractivity contribution in [2.45, 2.75) is 0 Å². The van der Waals surface area contributed by atoms with Crippen molar-refractivity contribution < 1.29 is 4.42 Å². The summed E-state index contributed by atoms with van der Waals surface area (Å²) >= 11 is 1.79. The van der Waals surface area contributed by atoms with Crippen LogP contribution in [0.4, 0.5) is 0 Å². The number of nitrogens with zero attached hydrogens (tertiary/aromatic N) is 3. The van der Waals surface area contributed by atoms with E-state index in [9.17, 15) is 0 Å². The zero-order chi connectivity index (χ0) is 33.0. The van der Waals surface area contributed by atoms with Gasteiger partial charge in [-0.05, 0) is 52.6 Å². The fraction of sp³-hybridized carbons (Fsp3) is 0. The molecule has 0 saturated heterocycles. The van der Waals surface area contributed by atoms with Crippen molar-refractivity contribution in [2.75, 3.05) is 0 Å². The lowest BCUT2D eigenvalue weighted by molar-refractivity contribution is 0.669. The Balaban J connectivity index is 1.15. The number of benzene rings is 7. The Hall–Kier alpha value is -6.43. The molecule has 0 atom stereocenters. The standard InChI is InChI=1S/C45H27N3OS/c1-2-11-28(12-3-1)31-13-8-14-32(27-31)29-23-25-30(26-24-29)43-46-44(36-18-10-22-40-41(36)35-16-5-7-21-39(35)50-40)48-45(47-43)37-19-9-17-34-33-15-4-6-20-38(33)49-42(34)37/h1-27H. The van der Waals surface area contributed by atoms with Gasteiger partial charge in [-0.3, -0.25) is 0 Å². The Kier molecular flexibility index (Phi) is 6.64. The van der Waals surface area contributed by atoms with Crippen LogP contribution in [0.1, 0.15) is 0 Å². The highest BCUT2D eigenvalue weighted by atomic mass is 32.1. The lowest BCUT2D eigenvalue weighted by Gasteiger charge is -2.11. The number of para-hydroxylation sites is 2. The highest BCUT2D eigenvalue weighted by Gasteiger charge is 2.20. The molecule has 3 aromatic heterocycles. The summed E-state index contributed by atoms with van der Waals surface area (Å²) in [6.07, 6.45) is 0. The van der Waals surface area contributed by atoms with E-state index in [2.05, 4.69) is 127 Å². The van der Waals surface area contributed by atoms with E-state index in [0.717, 1.165) is 55.1 Å². The first-order chi connectivity index (χ1) is 24.8. The van der Waals surface area contributed by atoms with Gasteiger partial charge in [0, 0.05) is 42.1 Å². The molecule has 0 aliphatic carbocycles. The normalized spacial score (nSPS) is 11.6. The molecule has 0 aliphatic heterocycles. The molecule has 0 amide bonds. The van der Waals surface area contributed by atoms with Gasteiger partial charge in [-0.2, -0.15) is 0 Å². The van der Waals surface area contributed by atoms with E-state index in [1.54, 1.807) is 11.3 Å². The number of hydrogen-bond acceptors (Lipinski definition) is 5. The van der Waals surface area contributed by atoms with Crippen molar-refractivity contribution in [2.24, 2.45) is 0 Å². The van der Waals surface area contributed by atoms with E-state index in [4.69, 9.17) is 19.4 Å². The SMILES string of the molecule is c1ccc(-c2cccc(-c3ccc(-c4nc(-c5cccc6c5oc5ccccc56)nc(-c5cccc6sc7ccccc7c56)n4)cc3)c2)cc1. The number of furan rings is 1. The van der Waals surface area contributed by atoms with E-state index in [0.29, 0.717) is 17.5 Å². The van der Waals surface area contributed by atoms with Crippen molar-refractivity contribution in [3.8, 4) is 56.4 Å². The average Bonchev–Trinajstić information content (AvgIpc) is 3.77. The summed E-state index contributed by atoms with van der Waals surface area (Å²) in [5.74, 6) is 1.82. The zero-order valence-electron chi connectivity index (χ0n) is 26.7. The third-order valence-corrected chi connectivity index (χ3v) is 10.5. The lowest BCUT2D eigenvalue weighted by atomic mass is 9.98. The minimum atomic E-state index is 0.575. The third kappa shape index (κ3) is 4.79. The summed E-state index contributed by atoms with van der Waals surface area (Å²) in [5.41, 5.74) is 9.01. The molecule has 3 heterocycles. The highest BCUT2D eigenvalue weighted by molar-refractivity contribution is 7.25. The van der Waals surface area contributed by atoms with Crippen molar-refractivity contribution in [1.82, 2.24) is 15.0 Å². The Morgan fingerprint density at radius 1 is 0.380 bits per heavy atom. The molecule has 234 valence electrons. The average molecular weight is 658 g/mol. The van der Waals surface area contributed by atoms with Crippen LogP contribution in [0.5, 0.6) is 0 Å². The van der Waals surface area contributed by atoms with Gasteiger partial charge in [0.25, 0.3) is 0 Å². The van der Waals surface area contributed by atoms with Crippen LogP contribution in [0, 0.1) is 0 Å². The molecular formula is C45H27N3OS. The van der Waals surface area contributed by atoms with Crippen LogP contribution >= 0.6 is 11.3 Å². The molecule has 0 aliphatic rings. The number of aromatic nitrogens is 3. The van der Waals surface area contributed by atoms with Gasteiger partial charge in [0.15, 0.2) is 17.5 Å². The zero-order valence-corrected chi connectivity index (χ0v) is 27.6. The third-order valence-electron chi connectivity index (χ3n) is 9.37. The first-order valence-electron chi connectivity index (χ1n) is 16.6. The van der Waals surface area contributed by atoms with E-state index in [-0.39, 0.29) is 0 Å². The van der Waals surface area contributed by atoms with E-state index < -0.39 is 0 Å². The summed E-state index contributed by atoms with van der Waals surface area (Å²) in [6.45, 7) is 0. The predicted molar refractivity (Wildman–Crippen MR) is 207 cm³/mol. The van der Waals surface area contributed by atoms with Crippen molar-refractivity contribution >= 4 is 53.4 Å². The van der Waals surface area contributed by atoms with Gasteiger partial charge in [-0.1, -0.05) is 133 Å². The Morgan fingerprint density at radius 2 is 0.940 bits per heavy atom. The first-order valence-corrected chi connectivity index (χ1v) is 17.4. The van der Waals surface area contributed by atoms with Crippen LogP contribution in [0.2, 0.25) is 0 Å². The van der Waals surface area contributed by atoms with Gasteiger partial charge in [-0.15, -0.1) is 11.3 Å².